The molecular weight excluding hydrogens is 473 g/mol. The first-order valence-electron chi connectivity index (χ1n) is 9.58. The van der Waals surface area contributed by atoms with E-state index in [4.69, 9.17) is 4.99 Å². The number of halogens is 1. The van der Waals surface area contributed by atoms with Gasteiger partial charge in [0.15, 0.2) is 5.96 Å². The van der Waals surface area contributed by atoms with Crippen LogP contribution in [0.4, 0.5) is 4.79 Å². The fraction of sp³-hybridized carbons (Fsp3) is 0.667. The molecular formula is C18H30IN7O2. The molecule has 0 bridgehead atoms. The Balaban J connectivity index is 0.00000280. The molecule has 1 aromatic heterocycles. The van der Waals surface area contributed by atoms with Crippen molar-refractivity contribution in [2.75, 3.05) is 26.2 Å². The highest BCUT2D eigenvalue weighted by Gasteiger charge is 2.48. The van der Waals surface area contributed by atoms with E-state index in [1.807, 2.05) is 20.0 Å². The average molecular weight is 503 g/mol. The van der Waals surface area contributed by atoms with E-state index in [0.717, 1.165) is 50.8 Å². The molecule has 0 aromatic carbocycles. The Morgan fingerprint density at radius 1 is 1.39 bits per heavy atom. The number of rotatable bonds is 5. The van der Waals surface area contributed by atoms with Gasteiger partial charge in [-0.25, -0.2) is 9.78 Å². The first-order valence-corrected chi connectivity index (χ1v) is 9.58. The van der Waals surface area contributed by atoms with Crippen LogP contribution in [0.1, 0.15) is 32.5 Å². The monoisotopic (exact) mass is 503 g/mol. The topological polar surface area (TPSA) is 104 Å². The number of imidazole rings is 1. The van der Waals surface area contributed by atoms with E-state index in [9.17, 15) is 9.59 Å². The summed E-state index contributed by atoms with van der Waals surface area (Å²) in [5, 5.41) is 8.52. The lowest BCUT2D eigenvalue weighted by molar-refractivity contribution is -0.125. The van der Waals surface area contributed by atoms with Crippen molar-refractivity contribution >= 4 is 41.9 Å². The first-order chi connectivity index (χ1) is 12.9. The highest BCUT2D eigenvalue weighted by molar-refractivity contribution is 14.0. The number of nitrogens with zero attached hydrogens (tertiary/aromatic N) is 4. The van der Waals surface area contributed by atoms with E-state index < -0.39 is 11.6 Å². The number of aryl methyl sites for hydroxylation is 1. The molecule has 1 atom stereocenters. The number of guanidine groups is 1. The van der Waals surface area contributed by atoms with Crippen molar-refractivity contribution < 1.29 is 9.59 Å². The summed E-state index contributed by atoms with van der Waals surface area (Å²) in [6.07, 6.45) is 5.42. The number of hydrogen-bond donors (Lipinski definition) is 3. The van der Waals surface area contributed by atoms with E-state index in [2.05, 4.69) is 37.3 Å². The molecule has 1 unspecified atom stereocenters. The minimum Gasteiger partial charge on any atom is -0.357 e. The normalized spacial score (nSPS) is 23.2. The minimum absolute atomic E-state index is 0. The number of aliphatic imine (C=N–C) groups is 1. The van der Waals surface area contributed by atoms with Crippen molar-refractivity contribution in [2.45, 2.75) is 45.7 Å². The smallest absolute Gasteiger partial charge is 0.322 e. The second kappa shape index (κ2) is 9.57. The number of carbonyl (C=O) groups is 2. The van der Waals surface area contributed by atoms with E-state index in [-0.39, 0.29) is 35.8 Å². The van der Waals surface area contributed by atoms with Gasteiger partial charge in [0.1, 0.15) is 11.4 Å². The van der Waals surface area contributed by atoms with Gasteiger partial charge < -0.3 is 20.1 Å². The SMILES string of the molecule is CCNC(=NCCn1ccnc1C)N1CCC(C2(C)NC(=O)NC2=O)CC1.I. The van der Waals surface area contributed by atoms with E-state index in [0.29, 0.717) is 6.54 Å². The van der Waals surface area contributed by atoms with Crippen LogP contribution in [-0.4, -0.2) is 64.1 Å². The number of urea groups is 1. The van der Waals surface area contributed by atoms with E-state index >= 15 is 0 Å². The molecule has 3 heterocycles. The molecule has 1 aromatic rings. The largest absolute Gasteiger partial charge is 0.357 e. The Hall–Kier alpha value is -1.85. The Labute approximate surface area is 182 Å². The molecule has 0 radical (unpaired) electrons. The Bertz CT molecular complexity index is 727. The van der Waals surface area contributed by atoms with Gasteiger partial charge in [0.25, 0.3) is 5.91 Å². The van der Waals surface area contributed by atoms with Gasteiger partial charge in [-0.15, -0.1) is 24.0 Å². The lowest BCUT2D eigenvalue weighted by Gasteiger charge is -2.39. The number of nitrogens with one attached hydrogen (secondary N) is 3. The maximum atomic E-state index is 12.2. The second-order valence-electron chi connectivity index (χ2n) is 7.28. The summed E-state index contributed by atoms with van der Waals surface area (Å²) in [7, 11) is 0. The molecule has 0 aliphatic carbocycles. The molecule has 3 N–H and O–H groups in total. The van der Waals surface area contributed by atoms with Crippen molar-refractivity contribution in [3.8, 4) is 0 Å². The van der Waals surface area contributed by atoms with Crippen LogP contribution in [0, 0.1) is 12.8 Å². The number of aromatic nitrogens is 2. The molecule has 0 spiro atoms. The maximum absolute atomic E-state index is 12.2. The molecule has 156 valence electrons. The van der Waals surface area contributed by atoms with Gasteiger partial charge >= 0.3 is 6.03 Å². The summed E-state index contributed by atoms with van der Waals surface area (Å²) in [4.78, 5) is 34.9. The summed E-state index contributed by atoms with van der Waals surface area (Å²) in [6, 6.07) is -0.394. The number of likely N-dealkylation sites (tertiary alicyclic amines) is 1. The molecule has 3 rings (SSSR count). The molecule has 3 amide bonds. The van der Waals surface area contributed by atoms with Gasteiger partial charge in [-0.1, -0.05) is 0 Å². The predicted molar refractivity (Wildman–Crippen MR) is 118 cm³/mol. The van der Waals surface area contributed by atoms with Crippen molar-refractivity contribution in [3.63, 3.8) is 0 Å². The Morgan fingerprint density at radius 2 is 2.11 bits per heavy atom. The van der Waals surface area contributed by atoms with Crippen molar-refractivity contribution in [2.24, 2.45) is 10.9 Å². The van der Waals surface area contributed by atoms with E-state index in [1.54, 1.807) is 6.20 Å². The lowest BCUT2D eigenvalue weighted by Crippen LogP contribution is -2.55. The first kappa shape index (κ1) is 22.4. The maximum Gasteiger partial charge on any atom is 0.322 e. The summed E-state index contributed by atoms with van der Waals surface area (Å²) in [6.45, 7) is 9.75. The van der Waals surface area contributed by atoms with Crippen molar-refractivity contribution in [1.29, 1.82) is 0 Å². The van der Waals surface area contributed by atoms with Crippen LogP contribution in [0.25, 0.3) is 0 Å². The van der Waals surface area contributed by atoms with Crippen LogP contribution < -0.4 is 16.0 Å². The molecule has 0 saturated carbocycles. The number of hydrogen-bond acceptors (Lipinski definition) is 4. The average Bonchev–Trinajstić information content (AvgIpc) is 3.17. The van der Waals surface area contributed by atoms with Gasteiger partial charge in [-0.05, 0) is 39.5 Å². The zero-order chi connectivity index (χ0) is 19.4. The van der Waals surface area contributed by atoms with Crippen LogP contribution in [0.15, 0.2) is 17.4 Å². The fourth-order valence-electron chi connectivity index (χ4n) is 3.84. The van der Waals surface area contributed by atoms with Crippen LogP contribution in [0.3, 0.4) is 0 Å². The molecule has 9 nitrogen and oxygen atoms in total. The summed E-state index contributed by atoms with van der Waals surface area (Å²) in [5.74, 6) is 1.79. The summed E-state index contributed by atoms with van der Waals surface area (Å²) >= 11 is 0. The summed E-state index contributed by atoms with van der Waals surface area (Å²) in [5.41, 5.74) is -0.808. The standard InChI is InChI=1S/C18H29N7O2.HI/c1-4-19-16(21-8-12-24-11-7-20-13(24)2)25-9-5-14(6-10-25)18(3)15(26)22-17(27)23-18;/h7,11,14H,4-6,8-10,12H2,1-3H3,(H,19,21)(H2,22,23,26,27);1H. The molecule has 10 heteroatoms. The molecule has 2 aliphatic heterocycles. The molecule has 28 heavy (non-hydrogen) atoms. The zero-order valence-corrected chi connectivity index (χ0v) is 19.0. The number of piperidine rings is 1. The van der Waals surface area contributed by atoms with Crippen LogP contribution in [0.5, 0.6) is 0 Å². The number of carbonyl (C=O) groups excluding carboxylic acids is 2. The zero-order valence-electron chi connectivity index (χ0n) is 16.7. The quantitative estimate of drug-likeness (QED) is 0.242. The van der Waals surface area contributed by atoms with Crippen LogP contribution in [0.2, 0.25) is 0 Å². The Kier molecular flexibility index (Phi) is 7.67. The Morgan fingerprint density at radius 3 is 2.64 bits per heavy atom. The second-order valence-corrected chi connectivity index (χ2v) is 7.28. The fourth-order valence-corrected chi connectivity index (χ4v) is 3.84. The van der Waals surface area contributed by atoms with Crippen LogP contribution in [-0.2, 0) is 11.3 Å². The lowest BCUT2D eigenvalue weighted by atomic mass is 9.79. The number of imide groups is 1. The third kappa shape index (κ3) is 4.76. The van der Waals surface area contributed by atoms with Gasteiger partial charge in [0, 0.05) is 38.6 Å². The summed E-state index contributed by atoms with van der Waals surface area (Å²) < 4.78 is 2.08. The van der Waals surface area contributed by atoms with Gasteiger partial charge in [-0.2, -0.15) is 0 Å². The van der Waals surface area contributed by atoms with Crippen molar-refractivity contribution in [3.05, 3.63) is 18.2 Å². The van der Waals surface area contributed by atoms with Crippen LogP contribution >= 0.6 is 24.0 Å². The third-order valence-electron chi connectivity index (χ3n) is 5.54. The van der Waals surface area contributed by atoms with E-state index in [1.165, 1.54) is 0 Å². The number of amides is 3. The predicted octanol–water partition coefficient (Wildman–Crippen LogP) is 1.09. The highest BCUT2D eigenvalue weighted by Crippen LogP contribution is 2.30. The third-order valence-corrected chi connectivity index (χ3v) is 5.54. The highest BCUT2D eigenvalue weighted by atomic mass is 127. The molecule has 2 saturated heterocycles. The minimum atomic E-state index is -0.808. The van der Waals surface area contributed by atoms with Crippen molar-refractivity contribution in [1.82, 2.24) is 30.4 Å². The molecule has 2 aliphatic rings. The van der Waals surface area contributed by atoms with Gasteiger partial charge in [-0.3, -0.25) is 15.1 Å². The van der Waals surface area contributed by atoms with Gasteiger partial charge in [0.2, 0.25) is 0 Å². The molecule has 2 fully saturated rings. The van der Waals surface area contributed by atoms with Gasteiger partial charge in [0.05, 0.1) is 6.54 Å².